The Balaban J connectivity index is 2.04. The molecular weight excluding hydrogens is 474 g/mol. The molecule has 0 saturated carbocycles. The number of carboxylic acid groups (broad SMARTS) is 1. The number of methoxy groups -OCH3 is 2. The van der Waals surface area contributed by atoms with Gasteiger partial charge < -0.3 is 29.0 Å². The molecule has 1 N–H and O–H groups in total. The van der Waals surface area contributed by atoms with Crippen molar-refractivity contribution in [3.8, 4) is 17.2 Å². The second-order valence-corrected chi connectivity index (χ2v) is 8.80. The van der Waals surface area contributed by atoms with Crippen molar-refractivity contribution in [1.82, 2.24) is 4.90 Å². The highest BCUT2D eigenvalue weighted by atomic mass is 16.5. The highest BCUT2D eigenvalue weighted by molar-refractivity contribution is 5.78. The van der Waals surface area contributed by atoms with Crippen LogP contribution in [0, 0.1) is 0 Å². The monoisotopic (exact) mass is 515 g/mol. The summed E-state index contributed by atoms with van der Waals surface area (Å²) < 4.78 is 22.1. The lowest BCUT2D eigenvalue weighted by Gasteiger charge is -2.24. The fraction of sp³-hybridized carbons (Fsp3) is 0.517. The first-order valence-electron chi connectivity index (χ1n) is 13.0. The molecule has 8 heteroatoms. The quantitative estimate of drug-likeness (QED) is 0.276. The van der Waals surface area contributed by atoms with Gasteiger partial charge in [-0.1, -0.05) is 56.9 Å². The number of benzene rings is 2. The van der Waals surface area contributed by atoms with Crippen LogP contribution in [0.15, 0.2) is 42.5 Å². The maximum atomic E-state index is 13.2. The van der Waals surface area contributed by atoms with E-state index in [0.29, 0.717) is 36.9 Å². The van der Waals surface area contributed by atoms with Gasteiger partial charge in [-0.3, -0.25) is 4.79 Å². The van der Waals surface area contributed by atoms with Gasteiger partial charge in [0, 0.05) is 31.7 Å². The zero-order valence-electron chi connectivity index (χ0n) is 22.5. The van der Waals surface area contributed by atoms with Crippen LogP contribution in [0.25, 0.3) is 0 Å². The summed E-state index contributed by atoms with van der Waals surface area (Å²) in [6, 6.07) is 12.7. The summed E-state index contributed by atoms with van der Waals surface area (Å²) in [6.45, 7) is 5.19. The zero-order chi connectivity index (χ0) is 27.0. The van der Waals surface area contributed by atoms with Gasteiger partial charge in [-0.05, 0) is 37.1 Å². The molecule has 0 aliphatic carbocycles. The second kappa shape index (κ2) is 16.5. The fourth-order valence-electron chi connectivity index (χ4n) is 4.07. The van der Waals surface area contributed by atoms with Gasteiger partial charge in [0.25, 0.3) is 5.91 Å². The first-order chi connectivity index (χ1) is 17.9. The van der Waals surface area contributed by atoms with Crippen molar-refractivity contribution < 1.29 is 33.6 Å². The third-order valence-electron chi connectivity index (χ3n) is 6.08. The third kappa shape index (κ3) is 9.96. The molecule has 0 saturated heterocycles. The molecule has 0 aromatic heterocycles. The van der Waals surface area contributed by atoms with Gasteiger partial charge in [-0.25, -0.2) is 4.79 Å². The molecule has 2 rings (SSSR count). The number of carbonyl (C=O) groups is 2. The smallest absolute Gasteiger partial charge is 0.333 e. The Kier molecular flexibility index (Phi) is 13.3. The number of amides is 1. The number of hydrogen-bond acceptors (Lipinski definition) is 6. The molecule has 0 fully saturated rings. The average molecular weight is 516 g/mol. The van der Waals surface area contributed by atoms with Crippen molar-refractivity contribution in [2.75, 3.05) is 34.0 Å². The van der Waals surface area contributed by atoms with E-state index in [1.54, 1.807) is 50.3 Å². The number of carboxylic acids is 1. The molecule has 37 heavy (non-hydrogen) atoms. The van der Waals surface area contributed by atoms with Gasteiger partial charge >= 0.3 is 5.97 Å². The number of nitrogens with zero attached hydrogens (tertiary/aromatic N) is 1. The standard InChI is InChI=1S/C29H41NO7/c1-5-7-8-9-10-18-30(20-23-12-11-13-25(34-3)28(23)35-4)27(31)21-37-24-16-14-22(15-17-24)19-26(29(32)33)36-6-2/h11-17,26H,5-10,18-21H2,1-4H3,(H,32,33). The van der Waals surface area contributed by atoms with Crippen LogP contribution in [-0.4, -0.2) is 62.0 Å². The predicted octanol–water partition coefficient (Wildman–Crippen LogP) is 5.11. The van der Waals surface area contributed by atoms with Gasteiger partial charge in [0.15, 0.2) is 24.2 Å². The molecule has 2 aromatic carbocycles. The number of ether oxygens (including phenoxy) is 4. The SMILES string of the molecule is CCCCCCCN(Cc1cccc(OC)c1OC)C(=O)COc1ccc(CC(OCC)C(=O)O)cc1. The van der Waals surface area contributed by atoms with E-state index < -0.39 is 12.1 Å². The van der Waals surface area contributed by atoms with E-state index >= 15 is 0 Å². The van der Waals surface area contributed by atoms with Crippen LogP contribution < -0.4 is 14.2 Å². The molecule has 0 bridgehead atoms. The van der Waals surface area contributed by atoms with E-state index in [1.807, 2.05) is 18.2 Å². The molecule has 204 valence electrons. The van der Waals surface area contributed by atoms with Crippen LogP contribution in [0.1, 0.15) is 57.1 Å². The first kappa shape index (κ1) is 30.0. The number of unbranched alkanes of at least 4 members (excludes halogenated alkanes) is 4. The highest BCUT2D eigenvalue weighted by Crippen LogP contribution is 2.31. The Morgan fingerprint density at radius 2 is 1.68 bits per heavy atom. The summed E-state index contributed by atoms with van der Waals surface area (Å²) in [5.74, 6) is 0.683. The van der Waals surface area contributed by atoms with Gasteiger partial charge in [0.2, 0.25) is 0 Å². The minimum absolute atomic E-state index is 0.0999. The molecule has 0 radical (unpaired) electrons. The van der Waals surface area contributed by atoms with Crippen LogP contribution in [0.2, 0.25) is 0 Å². The van der Waals surface area contributed by atoms with E-state index in [0.717, 1.165) is 30.4 Å². The summed E-state index contributed by atoms with van der Waals surface area (Å²) in [5, 5.41) is 9.28. The third-order valence-corrected chi connectivity index (χ3v) is 6.08. The Morgan fingerprint density at radius 1 is 0.946 bits per heavy atom. The molecule has 0 spiro atoms. The van der Waals surface area contributed by atoms with Crippen molar-refractivity contribution in [2.45, 2.75) is 65.0 Å². The van der Waals surface area contributed by atoms with E-state index in [2.05, 4.69) is 6.92 Å². The summed E-state index contributed by atoms with van der Waals surface area (Å²) in [7, 11) is 3.19. The van der Waals surface area contributed by atoms with E-state index in [-0.39, 0.29) is 18.9 Å². The number of rotatable bonds is 18. The van der Waals surface area contributed by atoms with Gasteiger partial charge in [0.1, 0.15) is 5.75 Å². The molecule has 0 aliphatic heterocycles. The minimum Gasteiger partial charge on any atom is -0.493 e. The zero-order valence-corrected chi connectivity index (χ0v) is 22.5. The topological polar surface area (TPSA) is 94.5 Å². The van der Waals surface area contributed by atoms with Crippen molar-refractivity contribution in [3.05, 3.63) is 53.6 Å². The number of hydrogen-bond donors (Lipinski definition) is 1. The lowest BCUT2D eigenvalue weighted by atomic mass is 10.1. The highest BCUT2D eigenvalue weighted by Gasteiger charge is 2.20. The Labute approximate surface area is 220 Å². The molecule has 2 aromatic rings. The Bertz CT molecular complexity index is 961. The lowest BCUT2D eigenvalue weighted by Crippen LogP contribution is -2.35. The summed E-state index contributed by atoms with van der Waals surface area (Å²) >= 11 is 0. The normalized spacial score (nSPS) is 11.6. The molecule has 0 aliphatic rings. The predicted molar refractivity (Wildman–Crippen MR) is 142 cm³/mol. The van der Waals surface area contributed by atoms with Crippen molar-refractivity contribution in [3.63, 3.8) is 0 Å². The average Bonchev–Trinajstić information content (AvgIpc) is 2.91. The molecule has 0 heterocycles. The largest absolute Gasteiger partial charge is 0.493 e. The van der Waals surface area contributed by atoms with Gasteiger partial charge in [-0.15, -0.1) is 0 Å². The second-order valence-electron chi connectivity index (χ2n) is 8.80. The van der Waals surface area contributed by atoms with Crippen LogP contribution >= 0.6 is 0 Å². The van der Waals surface area contributed by atoms with Crippen molar-refractivity contribution in [2.24, 2.45) is 0 Å². The summed E-state index contributed by atoms with van der Waals surface area (Å²) in [5.41, 5.74) is 1.69. The Hall–Kier alpha value is -3.26. The summed E-state index contributed by atoms with van der Waals surface area (Å²) in [4.78, 5) is 26.3. The maximum Gasteiger partial charge on any atom is 0.333 e. The molecule has 1 amide bonds. The van der Waals surface area contributed by atoms with Gasteiger partial charge in [0.05, 0.1) is 14.2 Å². The van der Waals surface area contributed by atoms with E-state index in [4.69, 9.17) is 18.9 Å². The molecule has 1 unspecified atom stereocenters. The maximum absolute atomic E-state index is 13.2. The Morgan fingerprint density at radius 3 is 2.30 bits per heavy atom. The van der Waals surface area contributed by atoms with E-state index in [9.17, 15) is 14.7 Å². The lowest BCUT2D eigenvalue weighted by molar-refractivity contribution is -0.150. The molecule has 8 nitrogen and oxygen atoms in total. The molecule has 1 atom stereocenters. The number of aliphatic carboxylic acids is 1. The molecular formula is C29H41NO7. The number of para-hydroxylation sites is 1. The van der Waals surface area contributed by atoms with Crippen molar-refractivity contribution in [1.29, 1.82) is 0 Å². The fourth-order valence-corrected chi connectivity index (χ4v) is 4.07. The minimum atomic E-state index is -0.991. The first-order valence-corrected chi connectivity index (χ1v) is 13.0. The van der Waals surface area contributed by atoms with Crippen LogP contribution in [0.5, 0.6) is 17.2 Å². The van der Waals surface area contributed by atoms with Crippen LogP contribution in [0.3, 0.4) is 0 Å². The van der Waals surface area contributed by atoms with Crippen molar-refractivity contribution >= 4 is 11.9 Å². The van der Waals surface area contributed by atoms with Gasteiger partial charge in [-0.2, -0.15) is 0 Å². The number of carbonyl (C=O) groups excluding carboxylic acids is 1. The van der Waals surface area contributed by atoms with Crippen LogP contribution in [0.4, 0.5) is 0 Å². The van der Waals surface area contributed by atoms with Crippen LogP contribution in [-0.2, 0) is 27.3 Å². The summed E-state index contributed by atoms with van der Waals surface area (Å²) in [6.07, 6.45) is 4.85. The van der Waals surface area contributed by atoms with E-state index in [1.165, 1.54) is 12.8 Å².